The Labute approximate surface area is 390 Å². The van der Waals surface area contributed by atoms with Crippen molar-refractivity contribution in [1.29, 1.82) is 0 Å². The lowest BCUT2D eigenvalue weighted by Crippen LogP contribution is -2.48. The van der Waals surface area contributed by atoms with E-state index in [1.165, 1.54) is 0 Å². The fraction of sp³-hybridized carbons (Fsp3) is 0.263. The maximum atomic E-state index is 13.2. The Bertz CT molecular complexity index is 2480. The first kappa shape index (κ1) is 46.8. The second-order valence-corrected chi connectivity index (χ2v) is 18.5. The van der Waals surface area contributed by atoms with Gasteiger partial charge in [0.2, 0.25) is 0 Å². The third-order valence-corrected chi connectivity index (χ3v) is 12.8. The average Bonchev–Trinajstić information content (AvgIpc) is 3.70. The molecule has 0 amide bonds. The third kappa shape index (κ3) is 12.6. The number of rotatable bonds is 23. The van der Waals surface area contributed by atoms with E-state index in [1.807, 2.05) is 152 Å². The summed E-state index contributed by atoms with van der Waals surface area (Å²) in [6.07, 6.45) is -0.201. The zero-order valence-electron chi connectivity index (χ0n) is 37.5. The molecule has 1 fully saturated rings. The summed E-state index contributed by atoms with van der Waals surface area (Å²) in [5, 5.41) is 0. The van der Waals surface area contributed by atoms with Gasteiger partial charge in [0.25, 0.3) is 10.1 Å². The Hall–Kier alpha value is -5.75. The van der Waals surface area contributed by atoms with Crippen molar-refractivity contribution in [2.24, 2.45) is 0 Å². The lowest BCUT2D eigenvalue weighted by Gasteiger charge is -2.38. The molecule has 7 aromatic carbocycles. The van der Waals surface area contributed by atoms with E-state index in [0.29, 0.717) is 45.8 Å². The fourth-order valence-electron chi connectivity index (χ4n) is 9.09. The van der Waals surface area contributed by atoms with E-state index in [9.17, 15) is 8.42 Å². The fourth-order valence-corrected chi connectivity index (χ4v) is 9.74. The van der Waals surface area contributed by atoms with Crippen LogP contribution in [0.1, 0.15) is 51.8 Å². The van der Waals surface area contributed by atoms with Crippen molar-refractivity contribution >= 4 is 10.1 Å². The average molecular weight is 902 g/mol. The first-order chi connectivity index (χ1) is 32.3. The highest BCUT2D eigenvalue weighted by Gasteiger charge is 2.48. The number of hydrogen-bond donors (Lipinski definition) is 0. The van der Waals surface area contributed by atoms with Gasteiger partial charge in [0.05, 0.1) is 50.9 Å². The number of ether oxygens (including phenoxy) is 4. The molecule has 340 valence electrons. The van der Waals surface area contributed by atoms with Gasteiger partial charge in [-0.2, -0.15) is 8.42 Å². The number of hydrogen-bond acceptors (Lipinski definition) is 8. The number of benzene rings is 7. The summed E-state index contributed by atoms with van der Waals surface area (Å²) >= 11 is 0. The van der Waals surface area contributed by atoms with Gasteiger partial charge >= 0.3 is 0 Å². The minimum absolute atomic E-state index is 0.0354. The molecule has 0 aliphatic carbocycles. The minimum atomic E-state index is -3.93. The lowest BCUT2D eigenvalue weighted by molar-refractivity contribution is -0.106. The summed E-state index contributed by atoms with van der Waals surface area (Å²) in [5.74, 6) is 0. The Morgan fingerprint density at radius 3 is 1.39 bits per heavy atom. The smallest absolute Gasteiger partial charge is 0.264 e. The van der Waals surface area contributed by atoms with Crippen LogP contribution in [0.4, 0.5) is 0 Å². The van der Waals surface area contributed by atoms with E-state index >= 15 is 0 Å². The molecule has 8 nitrogen and oxygen atoms in total. The molecule has 1 saturated heterocycles. The Morgan fingerprint density at radius 2 is 0.939 bits per heavy atom. The van der Waals surface area contributed by atoms with Crippen molar-refractivity contribution in [3.8, 4) is 0 Å². The SMILES string of the molecule is CS(=O)(=O)OC(CC[C@H](OCc1ccccc1)[C@H]1[C@H](OCc2ccccc2)[C@@H](OCc2ccccc2)CN1Cc1ccccc1)COC(c1ccccc1)(c1ccccc1)c1ccccc1. The van der Waals surface area contributed by atoms with Crippen LogP contribution < -0.4 is 0 Å². The molecule has 66 heavy (non-hydrogen) atoms. The van der Waals surface area contributed by atoms with Crippen LogP contribution in [0.25, 0.3) is 0 Å². The Balaban J connectivity index is 1.15. The zero-order chi connectivity index (χ0) is 45.4. The van der Waals surface area contributed by atoms with Crippen molar-refractivity contribution in [3.63, 3.8) is 0 Å². The van der Waals surface area contributed by atoms with Crippen LogP contribution in [0.15, 0.2) is 212 Å². The van der Waals surface area contributed by atoms with Crippen molar-refractivity contribution in [2.45, 2.75) is 75.3 Å². The van der Waals surface area contributed by atoms with E-state index in [2.05, 4.69) is 65.6 Å². The molecule has 0 spiro atoms. The second kappa shape index (κ2) is 23.1. The molecule has 1 unspecified atom stereocenters. The number of nitrogens with zero attached hydrogens (tertiary/aromatic N) is 1. The van der Waals surface area contributed by atoms with Crippen molar-refractivity contribution in [1.82, 2.24) is 4.90 Å². The molecule has 9 heteroatoms. The van der Waals surface area contributed by atoms with Gasteiger partial charge in [0, 0.05) is 13.1 Å². The maximum Gasteiger partial charge on any atom is 0.264 e. The van der Waals surface area contributed by atoms with E-state index in [-0.39, 0.29) is 18.8 Å². The van der Waals surface area contributed by atoms with Crippen LogP contribution in [-0.4, -0.2) is 63.2 Å². The van der Waals surface area contributed by atoms with Crippen LogP contribution in [0.5, 0.6) is 0 Å². The quantitative estimate of drug-likeness (QED) is 0.0464. The van der Waals surface area contributed by atoms with Crippen molar-refractivity contribution in [3.05, 3.63) is 251 Å². The number of likely N-dealkylation sites (tertiary alicyclic amines) is 1. The van der Waals surface area contributed by atoms with E-state index in [4.69, 9.17) is 23.1 Å². The molecule has 0 radical (unpaired) electrons. The van der Waals surface area contributed by atoms with Crippen molar-refractivity contribution in [2.75, 3.05) is 19.4 Å². The molecular weight excluding hydrogens is 843 g/mol. The summed E-state index contributed by atoms with van der Waals surface area (Å²) < 4.78 is 60.6. The monoisotopic (exact) mass is 901 g/mol. The predicted molar refractivity (Wildman–Crippen MR) is 260 cm³/mol. The van der Waals surface area contributed by atoms with Crippen LogP contribution in [0.3, 0.4) is 0 Å². The first-order valence-corrected chi connectivity index (χ1v) is 24.6. The predicted octanol–water partition coefficient (Wildman–Crippen LogP) is 10.8. The highest BCUT2D eigenvalue weighted by Crippen LogP contribution is 2.41. The van der Waals surface area contributed by atoms with Crippen LogP contribution in [0.2, 0.25) is 0 Å². The van der Waals surface area contributed by atoms with Crippen LogP contribution >= 0.6 is 0 Å². The van der Waals surface area contributed by atoms with Gasteiger partial charge in [-0.25, -0.2) is 0 Å². The van der Waals surface area contributed by atoms with E-state index < -0.39 is 34.0 Å². The van der Waals surface area contributed by atoms with Gasteiger partial charge in [-0.3, -0.25) is 9.08 Å². The zero-order valence-corrected chi connectivity index (χ0v) is 38.3. The van der Waals surface area contributed by atoms with Crippen molar-refractivity contribution < 1.29 is 31.5 Å². The summed E-state index contributed by atoms with van der Waals surface area (Å²) in [5.41, 5.74) is 5.96. The molecule has 7 aromatic rings. The molecule has 0 saturated carbocycles. The summed E-state index contributed by atoms with van der Waals surface area (Å²) in [6, 6.07) is 70.9. The van der Waals surface area contributed by atoms with Gasteiger partial charge in [0.1, 0.15) is 17.8 Å². The highest BCUT2D eigenvalue weighted by molar-refractivity contribution is 7.86. The van der Waals surface area contributed by atoms with Gasteiger partial charge in [-0.1, -0.05) is 212 Å². The summed E-state index contributed by atoms with van der Waals surface area (Å²) in [4.78, 5) is 2.42. The molecule has 1 heterocycles. The summed E-state index contributed by atoms with van der Waals surface area (Å²) in [6.45, 7) is 2.34. The molecule has 0 N–H and O–H groups in total. The molecule has 5 atom stereocenters. The van der Waals surface area contributed by atoms with Gasteiger partial charge in [-0.05, 0) is 51.8 Å². The molecule has 1 aliphatic heterocycles. The lowest BCUT2D eigenvalue weighted by atomic mass is 9.80. The standard InChI is InChI=1S/C57H59NO7S/c1-66(59,60)65-52(44-64-57(49-31-17-6-18-32-49,50-33-19-7-20-34-50)51-35-21-8-22-36-51)37-38-53(61-41-46-25-11-3-12-26-46)55-56(63-43-48-29-15-5-16-30-48)54(62-42-47-27-13-4-14-28-47)40-58(55)39-45-23-9-2-10-24-45/h2-36,52-56H,37-44H2,1H3/t52?,53-,54-,55-,56+/m0/s1. The topological polar surface area (TPSA) is 83.5 Å². The Kier molecular flexibility index (Phi) is 16.4. The second-order valence-electron chi connectivity index (χ2n) is 16.9. The van der Waals surface area contributed by atoms with E-state index in [1.54, 1.807) is 0 Å². The van der Waals surface area contributed by atoms with E-state index in [0.717, 1.165) is 45.2 Å². The Morgan fingerprint density at radius 1 is 0.530 bits per heavy atom. The van der Waals surface area contributed by atoms with Gasteiger partial charge in [-0.15, -0.1) is 0 Å². The highest BCUT2D eigenvalue weighted by atomic mass is 32.2. The van der Waals surface area contributed by atoms with Crippen LogP contribution in [0, 0.1) is 0 Å². The first-order valence-electron chi connectivity index (χ1n) is 22.8. The van der Waals surface area contributed by atoms with Crippen LogP contribution in [-0.2, 0) is 65.2 Å². The maximum absolute atomic E-state index is 13.2. The molecule has 0 aromatic heterocycles. The molecular formula is C57H59NO7S. The molecule has 0 bridgehead atoms. The molecule has 1 aliphatic rings. The van der Waals surface area contributed by atoms with Gasteiger partial charge in [0.15, 0.2) is 0 Å². The summed E-state index contributed by atoms with van der Waals surface area (Å²) in [7, 11) is -3.93. The normalized spacial score (nSPS) is 17.6. The minimum Gasteiger partial charge on any atom is -0.372 e. The largest absolute Gasteiger partial charge is 0.372 e. The molecule has 8 rings (SSSR count). The van der Waals surface area contributed by atoms with Gasteiger partial charge < -0.3 is 18.9 Å². The third-order valence-electron chi connectivity index (χ3n) is 12.2.